The Hall–Kier alpha value is -1.50. The lowest BCUT2D eigenvalue weighted by atomic mass is 10.3. The van der Waals surface area contributed by atoms with Crippen LogP contribution in [0.2, 0.25) is 0 Å². The second-order valence-electron chi connectivity index (χ2n) is 3.17. The number of hydrogen-bond donors (Lipinski definition) is 5. The molecule has 1 rings (SSSR count). The summed E-state index contributed by atoms with van der Waals surface area (Å²) >= 11 is 0. The fourth-order valence-electron chi connectivity index (χ4n) is 0.858. The molecule has 100 valence electrons. The van der Waals surface area contributed by atoms with Crippen LogP contribution in [0, 0.1) is 5.41 Å². The zero-order chi connectivity index (χ0) is 12.2. The van der Waals surface area contributed by atoms with E-state index in [4.69, 9.17) is 16.9 Å². The molecule has 0 unspecified atom stereocenters. The fraction of sp³-hybridized carbons (Fsp3) is 0.667. The van der Waals surface area contributed by atoms with Gasteiger partial charge in [0.1, 0.15) is 0 Å². The van der Waals surface area contributed by atoms with Gasteiger partial charge in [-0.2, -0.15) is 5.10 Å². The molecule has 1 aliphatic rings. The van der Waals surface area contributed by atoms with Crippen LogP contribution < -0.4 is 22.2 Å². The summed E-state index contributed by atoms with van der Waals surface area (Å²) in [5, 5.41) is 12.9. The van der Waals surface area contributed by atoms with Crippen molar-refractivity contribution in [2.45, 2.75) is 26.2 Å². The van der Waals surface area contributed by atoms with Gasteiger partial charge in [-0.05, 0) is 6.42 Å². The van der Waals surface area contributed by atoms with E-state index in [-0.39, 0.29) is 24.3 Å². The third-order valence-electron chi connectivity index (χ3n) is 1.62. The lowest BCUT2D eigenvalue weighted by molar-refractivity contribution is 0.804. The highest BCUT2D eigenvalue weighted by atomic mass is 35.5. The van der Waals surface area contributed by atoms with Gasteiger partial charge in [-0.1, -0.05) is 13.3 Å². The van der Waals surface area contributed by atoms with Crippen LogP contribution in [-0.2, 0) is 0 Å². The SMILES string of the molecule is C1=NNCC1.CCCCN=C(N)NC(=N)N.Cl. The molecule has 7 nitrogen and oxygen atoms in total. The molecule has 1 aliphatic heterocycles. The number of unbranched alkanes of at least 4 members (excludes halogenated alkanes) is 1. The van der Waals surface area contributed by atoms with Crippen molar-refractivity contribution in [1.29, 1.82) is 5.41 Å². The van der Waals surface area contributed by atoms with Crippen LogP contribution in [-0.4, -0.2) is 31.2 Å². The summed E-state index contributed by atoms with van der Waals surface area (Å²) in [7, 11) is 0. The number of halogens is 1. The summed E-state index contributed by atoms with van der Waals surface area (Å²) in [6, 6.07) is 0. The van der Waals surface area contributed by atoms with Crippen molar-refractivity contribution in [3.8, 4) is 0 Å². The molecule has 0 aromatic rings. The summed E-state index contributed by atoms with van der Waals surface area (Å²) < 4.78 is 0. The van der Waals surface area contributed by atoms with Crippen molar-refractivity contribution in [2.24, 2.45) is 21.6 Å². The molecule has 0 aromatic carbocycles. The van der Waals surface area contributed by atoms with Crippen molar-refractivity contribution >= 4 is 30.5 Å². The highest BCUT2D eigenvalue weighted by molar-refractivity contribution is 5.95. The number of hydrogen-bond acceptors (Lipinski definition) is 4. The number of guanidine groups is 2. The molecule has 1 heterocycles. The van der Waals surface area contributed by atoms with Crippen molar-refractivity contribution in [1.82, 2.24) is 10.7 Å². The van der Waals surface area contributed by atoms with Crippen molar-refractivity contribution in [3.05, 3.63) is 0 Å². The van der Waals surface area contributed by atoms with Gasteiger partial charge in [-0.25, -0.2) is 0 Å². The molecule has 0 radical (unpaired) electrons. The van der Waals surface area contributed by atoms with Crippen LogP contribution in [0.3, 0.4) is 0 Å². The maximum absolute atomic E-state index is 6.81. The Kier molecular flexibility index (Phi) is 13.2. The van der Waals surface area contributed by atoms with Crippen LogP contribution in [0.1, 0.15) is 26.2 Å². The second kappa shape index (κ2) is 12.6. The topological polar surface area (TPSA) is 125 Å². The second-order valence-corrected chi connectivity index (χ2v) is 3.17. The van der Waals surface area contributed by atoms with Crippen molar-refractivity contribution < 1.29 is 0 Å². The summed E-state index contributed by atoms with van der Waals surface area (Å²) in [5.74, 6) is 0.0358. The number of nitrogens with one attached hydrogen (secondary N) is 3. The average Bonchev–Trinajstić information content (AvgIpc) is 2.74. The summed E-state index contributed by atoms with van der Waals surface area (Å²) in [6.45, 7) is 3.78. The quantitative estimate of drug-likeness (QED) is 0.279. The number of nitrogens with two attached hydrogens (primary N) is 2. The Balaban J connectivity index is 0. The summed E-state index contributed by atoms with van der Waals surface area (Å²) in [6.07, 6.45) is 5.05. The number of aliphatic imine (C=N–C) groups is 1. The van der Waals surface area contributed by atoms with Crippen LogP contribution >= 0.6 is 12.4 Å². The van der Waals surface area contributed by atoms with E-state index in [2.05, 4.69) is 27.8 Å². The van der Waals surface area contributed by atoms with Crippen molar-refractivity contribution in [3.63, 3.8) is 0 Å². The third kappa shape index (κ3) is 14.5. The first-order valence-electron chi connectivity index (χ1n) is 5.32. The Bertz CT molecular complexity index is 246. The van der Waals surface area contributed by atoms with Gasteiger partial charge in [0.25, 0.3) is 0 Å². The Labute approximate surface area is 108 Å². The van der Waals surface area contributed by atoms with Crippen LogP contribution in [0.5, 0.6) is 0 Å². The van der Waals surface area contributed by atoms with Gasteiger partial charge in [-0.15, -0.1) is 12.4 Å². The van der Waals surface area contributed by atoms with E-state index in [1.54, 1.807) is 0 Å². The van der Waals surface area contributed by atoms with E-state index in [1.165, 1.54) is 0 Å². The van der Waals surface area contributed by atoms with E-state index in [9.17, 15) is 0 Å². The van der Waals surface area contributed by atoms with E-state index in [1.807, 2.05) is 6.21 Å². The maximum Gasteiger partial charge on any atom is 0.195 e. The minimum atomic E-state index is -0.178. The number of hydrazone groups is 1. The highest BCUT2D eigenvalue weighted by Gasteiger charge is 1.90. The van der Waals surface area contributed by atoms with Crippen LogP contribution in [0.25, 0.3) is 0 Å². The molecule has 0 atom stereocenters. The monoisotopic (exact) mass is 263 g/mol. The molecule has 0 spiro atoms. The van der Waals surface area contributed by atoms with Gasteiger partial charge in [-0.3, -0.25) is 15.7 Å². The van der Waals surface area contributed by atoms with Gasteiger partial charge < -0.3 is 16.9 Å². The largest absolute Gasteiger partial charge is 0.370 e. The summed E-state index contributed by atoms with van der Waals surface area (Å²) in [4.78, 5) is 3.92. The van der Waals surface area contributed by atoms with Gasteiger partial charge in [0.05, 0.1) is 0 Å². The maximum atomic E-state index is 6.81. The molecule has 0 amide bonds. The molecule has 17 heavy (non-hydrogen) atoms. The van der Waals surface area contributed by atoms with Crippen LogP contribution in [0.15, 0.2) is 10.1 Å². The third-order valence-corrected chi connectivity index (χ3v) is 1.62. The molecular weight excluding hydrogens is 242 g/mol. The molecule has 8 heteroatoms. The first-order chi connectivity index (χ1) is 7.66. The Morgan fingerprint density at radius 3 is 2.65 bits per heavy atom. The minimum Gasteiger partial charge on any atom is -0.370 e. The number of nitrogens with zero attached hydrogens (tertiary/aromatic N) is 2. The predicted octanol–water partition coefficient (Wildman–Crippen LogP) is -0.0284. The zero-order valence-electron chi connectivity index (χ0n) is 10.1. The highest BCUT2D eigenvalue weighted by Crippen LogP contribution is 1.85. The molecule has 0 bridgehead atoms. The summed E-state index contributed by atoms with van der Waals surface area (Å²) in [5.41, 5.74) is 13.1. The van der Waals surface area contributed by atoms with Crippen LogP contribution in [0.4, 0.5) is 0 Å². The molecule has 0 saturated heterocycles. The molecule has 0 fully saturated rings. The van der Waals surface area contributed by atoms with E-state index >= 15 is 0 Å². The molecule has 0 aromatic heterocycles. The number of rotatable bonds is 3. The first-order valence-corrected chi connectivity index (χ1v) is 5.32. The van der Waals surface area contributed by atoms with E-state index < -0.39 is 0 Å². The fourth-order valence-corrected chi connectivity index (χ4v) is 0.858. The van der Waals surface area contributed by atoms with Gasteiger partial charge in [0.2, 0.25) is 0 Å². The zero-order valence-corrected chi connectivity index (χ0v) is 10.9. The molecule has 7 N–H and O–H groups in total. The molecular formula is C9H22ClN7. The molecule has 0 aliphatic carbocycles. The van der Waals surface area contributed by atoms with Crippen molar-refractivity contribution in [2.75, 3.05) is 13.1 Å². The van der Waals surface area contributed by atoms with E-state index in [0.29, 0.717) is 6.54 Å². The molecule has 0 saturated carbocycles. The predicted molar refractivity (Wildman–Crippen MR) is 74.8 cm³/mol. The normalized spacial score (nSPS) is 12.9. The smallest absolute Gasteiger partial charge is 0.195 e. The minimum absolute atomic E-state index is 0. The Morgan fingerprint density at radius 1 is 1.59 bits per heavy atom. The van der Waals surface area contributed by atoms with Gasteiger partial charge in [0, 0.05) is 25.7 Å². The van der Waals surface area contributed by atoms with Gasteiger partial charge in [0.15, 0.2) is 11.9 Å². The van der Waals surface area contributed by atoms with Gasteiger partial charge >= 0.3 is 0 Å². The average molecular weight is 264 g/mol. The first kappa shape index (κ1) is 17.9. The standard InChI is InChI=1S/C6H15N5.C3H6N2.ClH/c1-2-3-4-10-6(9)11-5(7)8;1-2-4-5-3-1;/h2-4H2,1H3,(H6,7,8,9,10,11);2,5H,1,3H2;1H. The lowest BCUT2D eigenvalue weighted by Crippen LogP contribution is -2.40. The lowest BCUT2D eigenvalue weighted by Gasteiger charge is -2.00. The van der Waals surface area contributed by atoms with E-state index in [0.717, 1.165) is 25.8 Å². The Morgan fingerprint density at radius 2 is 2.29 bits per heavy atom.